The Bertz CT molecular complexity index is 362. The first-order valence-corrected chi connectivity index (χ1v) is 6.77. The van der Waals surface area contributed by atoms with E-state index in [-0.39, 0.29) is 0 Å². The molecule has 1 aromatic rings. The summed E-state index contributed by atoms with van der Waals surface area (Å²) in [5.74, 6) is 0.713. The van der Waals surface area contributed by atoms with Gasteiger partial charge in [-0.3, -0.25) is 0 Å². The van der Waals surface area contributed by atoms with Crippen LogP contribution in [0.3, 0.4) is 0 Å². The van der Waals surface area contributed by atoms with Crippen LogP contribution in [0.15, 0.2) is 24.3 Å². The van der Waals surface area contributed by atoms with E-state index in [0.717, 1.165) is 26.1 Å². The average molecular weight is 232 g/mol. The molecule has 1 saturated heterocycles. The predicted molar refractivity (Wildman–Crippen MR) is 74.7 cm³/mol. The lowest BCUT2D eigenvalue weighted by Crippen LogP contribution is -2.38. The van der Waals surface area contributed by atoms with Crippen LogP contribution < -0.4 is 10.2 Å². The van der Waals surface area contributed by atoms with Crippen LogP contribution in [-0.2, 0) is 6.42 Å². The molecule has 17 heavy (non-hydrogen) atoms. The van der Waals surface area contributed by atoms with Crippen LogP contribution in [0.2, 0.25) is 0 Å². The maximum atomic E-state index is 3.54. The van der Waals surface area contributed by atoms with Crippen LogP contribution in [0.4, 0.5) is 5.69 Å². The van der Waals surface area contributed by atoms with E-state index in [2.05, 4.69) is 55.3 Å². The lowest BCUT2D eigenvalue weighted by atomic mass is 10.1. The van der Waals surface area contributed by atoms with Crippen molar-refractivity contribution in [2.75, 3.05) is 24.5 Å². The zero-order valence-corrected chi connectivity index (χ0v) is 11.2. The third-order valence-electron chi connectivity index (χ3n) is 3.65. The lowest BCUT2D eigenvalue weighted by Gasteiger charge is -2.32. The Kier molecular flexibility index (Phi) is 4.06. The van der Waals surface area contributed by atoms with E-state index in [1.165, 1.54) is 11.3 Å². The first-order chi connectivity index (χ1) is 8.22. The number of anilines is 1. The van der Waals surface area contributed by atoms with Crippen molar-refractivity contribution in [2.24, 2.45) is 5.92 Å². The van der Waals surface area contributed by atoms with Crippen molar-refractivity contribution in [1.82, 2.24) is 5.32 Å². The summed E-state index contributed by atoms with van der Waals surface area (Å²) in [6.45, 7) is 10.3. The molecule has 0 radical (unpaired) electrons. The van der Waals surface area contributed by atoms with Gasteiger partial charge in [0.05, 0.1) is 0 Å². The highest BCUT2D eigenvalue weighted by Crippen LogP contribution is 2.24. The normalized spacial score (nSPS) is 25.7. The highest BCUT2D eigenvalue weighted by Gasteiger charge is 2.21. The largest absolute Gasteiger partial charge is 0.367 e. The Balaban J connectivity index is 2.29. The van der Waals surface area contributed by atoms with Crippen LogP contribution in [0.25, 0.3) is 0 Å². The fourth-order valence-electron chi connectivity index (χ4n) is 2.65. The molecular formula is C15H24N2. The maximum Gasteiger partial charge on any atom is 0.0401 e. The number of benzene rings is 1. The fourth-order valence-corrected chi connectivity index (χ4v) is 2.65. The maximum absolute atomic E-state index is 3.54. The molecule has 1 aromatic carbocycles. The molecule has 0 aromatic heterocycles. The average Bonchev–Trinajstić information content (AvgIpc) is 2.51. The number of hydrogen-bond donors (Lipinski definition) is 1. The zero-order chi connectivity index (χ0) is 12.3. The van der Waals surface area contributed by atoms with Crippen molar-refractivity contribution in [2.45, 2.75) is 33.2 Å². The van der Waals surface area contributed by atoms with Crippen LogP contribution in [0, 0.1) is 5.92 Å². The van der Waals surface area contributed by atoms with E-state index >= 15 is 0 Å². The molecule has 1 N–H and O–H groups in total. The van der Waals surface area contributed by atoms with Crippen LogP contribution in [-0.4, -0.2) is 25.7 Å². The lowest BCUT2D eigenvalue weighted by molar-refractivity contribution is 0.563. The molecule has 1 fully saturated rings. The van der Waals surface area contributed by atoms with E-state index in [0.29, 0.717) is 12.0 Å². The minimum atomic E-state index is 0.577. The molecule has 2 unspecified atom stereocenters. The summed E-state index contributed by atoms with van der Waals surface area (Å²) >= 11 is 0. The number of hydrogen-bond acceptors (Lipinski definition) is 2. The third-order valence-corrected chi connectivity index (χ3v) is 3.65. The van der Waals surface area contributed by atoms with Crippen molar-refractivity contribution in [3.8, 4) is 0 Å². The Morgan fingerprint density at radius 3 is 2.76 bits per heavy atom. The summed E-state index contributed by atoms with van der Waals surface area (Å²) in [5.41, 5.74) is 2.89. The second-order valence-electron chi connectivity index (χ2n) is 5.25. The number of para-hydroxylation sites is 1. The summed E-state index contributed by atoms with van der Waals surface area (Å²) in [4.78, 5) is 2.57. The molecule has 0 saturated carbocycles. The van der Waals surface area contributed by atoms with Gasteiger partial charge < -0.3 is 10.2 Å². The Morgan fingerprint density at radius 1 is 1.24 bits per heavy atom. The van der Waals surface area contributed by atoms with Gasteiger partial charge in [0.15, 0.2) is 0 Å². The number of rotatable bonds is 2. The van der Waals surface area contributed by atoms with Crippen molar-refractivity contribution < 1.29 is 0 Å². The molecular weight excluding hydrogens is 208 g/mol. The number of aryl methyl sites for hydroxylation is 1. The summed E-state index contributed by atoms with van der Waals surface area (Å²) < 4.78 is 0. The molecule has 0 spiro atoms. The SMILES string of the molecule is CCc1ccccc1N1CC(C)CNCC1C. The smallest absolute Gasteiger partial charge is 0.0401 e. The quantitative estimate of drug-likeness (QED) is 0.843. The van der Waals surface area contributed by atoms with Gasteiger partial charge in [0.25, 0.3) is 0 Å². The highest BCUT2D eigenvalue weighted by molar-refractivity contribution is 5.54. The molecule has 2 nitrogen and oxygen atoms in total. The first-order valence-electron chi connectivity index (χ1n) is 6.77. The summed E-state index contributed by atoms with van der Waals surface area (Å²) in [7, 11) is 0. The van der Waals surface area contributed by atoms with Gasteiger partial charge in [-0.25, -0.2) is 0 Å². The molecule has 2 rings (SSSR count). The highest BCUT2D eigenvalue weighted by atomic mass is 15.2. The van der Waals surface area contributed by atoms with Crippen molar-refractivity contribution in [3.63, 3.8) is 0 Å². The minimum Gasteiger partial charge on any atom is -0.367 e. The van der Waals surface area contributed by atoms with E-state index < -0.39 is 0 Å². The molecule has 2 atom stereocenters. The van der Waals surface area contributed by atoms with Gasteiger partial charge in [0.1, 0.15) is 0 Å². The molecule has 0 aliphatic carbocycles. The Morgan fingerprint density at radius 2 is 2.00 bits per heavy atom. The van der Waals surface area contributed by atoms with E-state index in [9.17, 15) is 0 Å². The monoisotopic (exact) mass is 232 g/mol. The van der Waals surface area contributed by atoms with Crippen LogP contribution in [0.1, 0.15) is 26.3 Å². The van der Waals surface area contributed by atoms with Gasteiger partial charge in [-0.15, -0.1) is 0 Å². The Labute approximate surface area is 105 Å². The van der Waals surface area contributed by atoms with Gasteiger partial charge >= 0.3 is 0 Å². The molecule has 1 aliphatic rings. The molecule has 94 valence electrons. The van der Waals surface area contributed by atoms with E-state index in [4.69, 9.17) is 0 Å². The van der Waals surface area contributed by atoms with Crippen LogP contribution in [0.5, 0.6) is 0 Å². The van der Waals surface area contributed by atoms with E-state index in [1.807, 2.05) is 0 Å². The van der Waals surface area contributed by atoms with Gasteiger partial charge in [0, 0.05) is 24.8 Å². The second kappa shape index (κ2) is 5.54. The molecule has 2 heteroatoms. The third kappa shape index (κ3) is 2.81. The predicted octanol–water partition coefficient (Wildman–Crippen LogP) is 2.68. The summed E-state index contributed by atoms with van der Waals surface area (Å²) in [6, 6.07) is 9.41. The topological polar surface area (TPSA) is 15.3 Å². The number of nitrogens with zero attached hydrogens (tertiary/aromatic N) is 1. The van der Waals surface area contributed by atoms with Crippen molar-refractivity contribution in [1.29, 1.82) is 0 Å². The second-order valence-corrected chi connectivity index (χ2v) is 5.25. The fraction of sp³-hybridized carbons (Fsp3) is 0.600. The van der Waals surface area contributed by atoms with Gasteiger partial charge in [0.2, 0.25) is 0 Å². The zero-order valence-electron chi connectivity index (χ0n) is 11.2. The summed E-state index contributed by atoms with van der Waals surface area (Å²) in [5, 5.41) is 3.54. The molecule has 0 amide bonds. The van der Waals surface area contributed by atoms with Gasteiger partial charge in [-0.1, -0.05) is 32.0 Å². The van der Waals surface area contributed by atoms with Crippen molar-refractivity contribution >= 4 is 5.69 Å². The van der Waals surface area contributed by atoms with Crippen molar-refractivity contribution in [3.05, 3.63) is 29.8 Å². The van der Waals surface area contributed by atoms with Gasteiger partial charge in [-0.2, -0.15) is 0 Å². The first kappa shape index (κ1) is 12.4. The molecule has 1 heterocycles. The van der Waals surface area contributed by atoms with Crippen LogP contribution >= 0.6 is 0 Å². The van der Waals surface area contributed by atoms with Gasteiger partial charge in [-0.05, 0) is 37.4 Å². The Hall–Kier alpha value is -1.02. The molecule has 1 aliphatic heterocycles. The summed E-state index contributed by atoms with van der Waals surface area (Å²) in [6.07, 6.45) is 1.11. The minimum absolute atomic E-state index is 0.577. The molecule has 0 bridgehead atoms. The van der Waals surface area contributed by atoms with E-state index in [1.54, 1.807) is 0 Å². The number of nitrogens with one attached hydrogen (secondary N) is 1. The standard InChI is InChI=1S/C15H24N2/c1-4-14-7-5-6-8-15(14)17-11-12(2)9-16-10-13(17)3/h5-8,12-13,16H,4,9-11H2,1-3H3.